The Kier molecular flexibility index (Phi) is 6.20. The minimum atomic E-state index is -0.204. The molecule has 0 atom stereocenters. The Labute approximate surface area is 133 Å². The van der Waals surface area contributed by atoms with Crippen LogP contribution in [0.25, 0.3) is 11.1 Å². The molecule has 0 aliphatic rings. The fraction of sp³-hybridized carbons (Fsp3) is 0.350. The van der Waals surface area contributed by atoms with Crippen LogP contribution in [0.1, 0.15) is 37.3 Å². The van der Waals surface area contributed by atoms with E-state index in [0.29, 0.717) is 6.42 Å². The molecule has 2 nitrogen and oxygen atoms in total. The van der Waals surface area contributed by atoms with Crippen molar-refractivity contribution in [1.82, 2.24) is 0 Å². The van der Waals surface area contributed by atoms with E-state index in [1.165, 1.54) is 43.1 Å². The number of hydrogen-bond acceptors (Lipinski definition) is 2. The Balaban J connectivity index is 2.00. The second-order valence-corrected chi connectivity index (χ2v) is 5.60. The molecule has 0 aliphatic carbocycles. The molecule has 2 rings (SSSR count). The van der Waals surface area contributed by atoms with Gasteiger partial charge >= 0.3 is 5.97 Å². The number of aryl methyl sites for hydroxylation is 1. The van der Waals surface area contributed by atoms with Gasteiger partial charge in [-0.3, -0.25) is 4.79 Å². The van der Waals surface area contributed by atoms with Crippen molar-refractivity contribution in [2.24, 2.45) is 0 Å². The van der Waals surface area contributed by atoms with Crippen molar-refractivity contribution in [2.75, 3.05) is 7.11 Å². The van der Waals surface area contributed by atoms with Crippen LogP contribution in [0.15, 0.2) is 48.5 Å². The largest absolute Gasteiger partial charge is 0.469 e. The first-order valence-electron chi connectivity index (χ1n) is 7.98. The van der Waals surface area contributed by atoms with Gasteiger partial charge in [0.25, 0.3) is 0 Å². The fourth-order valence-corrected chi connectivity index (χ4v) is 2.50. The van der Waals surface area contributed by atoms with Crippen molar-refractivity contribution in [2.45, 2.75) is 39.0 Å². The molecule has 2 aromatic carbocycles. The van der Waals surface area contributed by atoms with E-state index in [1.54, 1.807) is 0 Å². The van der Waals surface area contributed by atoms with Crippen LogP contribution in [0.4, 0.5) is 0 Å². The van der Waals surface area contributed by atoms with Gasteiger partial charge < -0.3 is 4.74 Å². The van der Waals surface area contributed by atoms with Crippen LogP contribution in [0.5, 0.6) is 0 Å². The highest BCUT2D eigenvalue weighted by molar-refractivity contribution is 5.73. The third kappa shape index (κ3) is 4.73. The number of rotatable bonds is 7. The summed E-state index contributed by atoms with van der Waals surface area (Å²) in [4.78, 5) is 11.3. The van der Waals surface area contributed by atoms with Gasteiger partial charge in [-0.25, -0.2) is 0 Å². The summed E-state index contributed by atoms with van der Waals surface area (Å²) in [5.41, 5.74) is 4.77. The fourth-order valence-electron chi connectivity index (χ4n) is 2.50. The van der Waals surface area contributed by atoms with Crippen molar-refractivity contribution in [3.8, 4) is 11.1 Å². The van der Waals surface area contributed by atoms with Crippen LogP contribution < -0.4 is 0 Å². The maximum atomic E-state index is 11.3. The number of unbranched alkanes of at least 4 members (excludes halogenated alkanes) is 2. The van der Waals surface area contributed by atoms with E-state index < -0.39 is 0 Å². The average Bonchev–Trinajstić information content (AvgIpc) is 2.56. The highest BCUT2D eigenvalue weighted by Gasteiger charge is 2.03. The molecular formula is C20H24O2. The number of carbonyl (C=O) groups is 1. The summed E-state index contributed by atoms with van der Waals surface area (Å²) in [5, 5.41) is 0. The van der Waals surface area contributed by atoms with Crippen LogP contribution in [-0.2, 0) is 22.4 Å². The summed E-state index contributed by atoms with van der Waals surface area (Å²) >= 11 is 0. The van der Waals surface area contributed by atoms with Gasteiger partial charge in [-0.15, -0.1) is 0 Å². The van der Waals surface area contributed by atoms with Gasteiger partial charge in [0.1, 0.15) is 0 Å². The predicted molar refractivity (Wildman–Crippen MR) is 90.8 cm³/mol. The lowest BCUT2D eigenvalue weighted by Gasteiger charge is -2.06. The summed E-state index contributed by atoms with van der Waals surface area (Å²) in [6.45, 7) is 2.23. The van der Waals surface area contributed by atoms with Gasteiger partial charge in [0.05, 0.1) is 13.5 Å². The zero-order valence-electron chi connectivity index (χ0n) is 13.5. The molecule has 0 saturated carbocycles. The molecule has 0 N–H and O–H groups in total. The minimum absolute atomic E-state index is 0.204. The van der Waals surface area contributed by atoms with Gasteiger partial charge in [0.15, 0.2) is 0 Å². The van der Waals surface area contributed by atoms with Gasteiger partial charge in [0, 0.05) is 0 Å². The van der Waals surface area contributed by atoms with E-state index in [0.717, 1.165) is 12.0 Å². The van der Waals surface area contributed by atoms with Crippen molar-refractivity contribution in [3.63, 3.8) is 0 Å². The van der Waals surface area contributed by atoms with Gasteiger partial charge in [-0.05, 0) is 35.1 Å². The molecule has 0 spiro atoms. The Hall–Kier alpha value is -2.09. The summed E-state index contributed by atoms with van der Waals surface area (Å²) in [5.74, 6) is -0.204. The van der Waals surface area contributed by atoms with Gasteiger partial charge in [-0.2, -0.15) is 0 Å². The molecule has 2 aromatic rings. The topological polar surface area (TPSA) is 26.3 Å². The number of methoxy groups -OCH3 is 1. The third-order valence-corrected chi connectivity index (χ3v) is 3.89. The molecule has 0 unspecified atom stereocenters. The Morgan fingerprint density at radius 3 is 1.91 bits per heavy atom. The zero-order chi connectivity index (χ0) is 15.8. The molecule has 0 fully saturated rings. The standard InChI is InChI=1S/C20H24O2/c1-3-4-5-6-16-7-11-18(12-8-16)19-13-9-17(10-14-19)15-20(21)22-2/h7-14H,3-6,15H2,1-2H3. The molecule has 0 amide bonds. The van der Waals surface area contributed by atoms with Crippen LogP contribution >= 0.6 is 0 Å². The normalized spacial score (nSPS) is 10.5. The molecule has 116 valence electrons. The number of ether oxygens (including phenoxy) is 1. The SMILES string of the molecule is CCCCCc1ccc(-c2ccc(CC(=O)OC)cc2)cc1. The lowest BCUT2D eigenvalue weighted by Crippen LogP contribution is -2.04. The summed E-state index contributed by atoms with van der Waals surface area (Å²) in [7, 11) is 1.42. The van der Waals surface area contributed by atoms with E-state index in [2.05, 4.69) is 48.1 Å². The summed E-state index contributed by atoms with van der Waals surface area (Å²) in [6.07, 6.45) is 5.30. The second-order valence-electron chi connectivity index (χ2n) is 5.60. The van der Waals surface area contributed by atoms with Crippen molar-refractivity contribution in [1.29, 1.82) is 0 Å². The van der Waals surface area contributed by atoms with E-state index in [1.807, 2.05) is 12.1 Å². The van der Waals surface area contributed by atoms with Gasteiger partial charge in [-0.1, -0.05) is 68.3 Å². The molecular weight excluding hydrogens is 272 g/mol. The van der Waals surface area contributed by atoms with Crippen LogP contribution in [0.2, 0.25) is 0 Å². The van der Waals surface area contributed by atoms with Crippen molar-refractivity contribution >= 4 is 5.97 Å². The highest BCUT2D eigenvalue weighted by atomic mass is 16.5. The first-order chi connectivity index (χ1) is 10.7. The highest BCUT2D eigenvalue weighted by Crippen LogP contribution is 2.21. The predicted octanol–water partition coefficient (Wildman–Crippen LogP) is 4.80. The third-order valence-electron chi connectivity index (χ3n) is 3.89. The van der Waals surface area contributed by atoms with E-state index in [-0.39, 0.29) is 5.97 Å². The second kappa shape index (κ2) is 8.38. The average molecular weight is 296 g/mol. The molecule has 0 bridgehead atoms. The van der Waals surface area contributed by atoms with E-state index >= 15 is 0 Å². The van der Waals surface area contributed by atoms with Gasteiger partial charge in [0.2, 0.25) is 0 Å². The Bertz CT molecular complexity index is 582. The molecule has 0 radical (unpaired) electrons. The molecule has 22 heavy (non-hydrogen) atoms. The number of benzene rings is 2. The summed E-state index contributed by atoms with van der Waals surface area (Å²) < 4.78 is 4.68. The first-order valence-corrected chi connectivity index (χ1v) is 7.98. The first kappa shape index (κ1) is 16.3. The lowest BCUT2D eigenvalue weighted by molar-refractivity contribution is -0.139. The number of carbonyl (C=O) groups excluding carboxylic acids is 1. The monoisotopic (exact) mass is 296 g/mol. The summed E-state index contributed by atoms with van der Waals surface area (Å²) in [6, 6.07) is 16.9. The molecule has 0 aliphatic heterocycles. The lowest BCUT2D eigenvalue weighted by atomic mass is 10.00. The van der Waals surface area contributed by atoms with Crippen molar-refractivity contribution < 1.29 is 9.53 Å². The Morgan fingerprint density at radius 1 is 0.864 bits per heavy atom. The van der Waals surface area contributed by atoms with Crippen molar-refractivity contribution in [3.05, 3.63) is 59.7 Å². The minimum Gasteiger partial charge on any atom is -0.469 e. The zero-order valence-corrected chi connectivity index (χ0v) is 13.5. The quantitative estimate of drug-likeness (QED) is 0.542. The van der Waals surface area contributed by atoms with Crippen LogP contribution in [0, 0.1) is 0 Å². The maximum Gasteiger partial charge on any atom is 0.309 e. The van der Waals surface area contributed by atoms with Crippen LogP contribution in [-0.4, -0.2) is 13.1 Å². The molecule has 2 heteroatoms. The smallest absolute Gasteiger partial charge is 0.309 e. The molecule has 0 saturated heterocycles. The van der Waals surface area contributed by atoms with Crippen LogP contribution in [0.3, 0.4) is 0 Å². The Morgan fingerprint density at radius 2 is 1.41 bits per heavy atom. The van der Waals surface area contributed by atoms with E-state index in [9.17, 15) is 4.79 Å². The molecule has 0 aromatic heterocycles. The molecule has 0 heterocycles. The van der Waals surface area contributed by atoms with E-state index in [4.69, 9.17) is 0 Å². The number of hydrogen-bond donors (Lipinski definition) is 0. The number of esters is 1. The maximum absolute atomic E-state index is 11.3.